The van der Waals surface area contributed by atoms with Crippen LogP contribution in [0.2, 0.25) is 5.02 Å². The molecule has 4 aliphatic rings. The van der Waals surface area contributed by atoms with Crippen LogP contribution in [-0.2, 0) is 4.74 Å². The van der Waals surface area contributed by atoms with Gasteiger partial charge in [0.25, 0.3) is 0 Å². The number of ether oxygens (including phenoxy) is 2. The smallest absolute Gasteiger partial charge is 0.410 e. The van der Waals surface area contributed by atoms with E-state index in [0.717, 1.165) is 37.6 Å². The topological polar surface area (TPSA) is 104 Å². The monoisotopic (exact) mass is 674 g/mol. The van der Waals surface area contributed by atoms with Crippen LogP contribution in [-0.4, -0.2) is 98.1 Å². The highest BCUT2D eigenvalue weighted by Gasteiger charge is 2.49. The largest absolute Gasteiger partial charge is 0.461 e. The van der Waals surface area contributed by atoms with Crippen molar-refractivity contribution in [3.63, 3.8) is 0 Å². The summed E-state index contributed by atoms with van der Waals surface area (Å²) in [5, 5.41) is 13.0. The molecule has 4 saturated heterocycles. The highest BCUT2D eigenvalue weighted by molar-refractivity contribution is 6.36. The summed E-state index contributed by atoms with van der Waals surface area (Å²) in [5.74, 6) is -0.0578. The summed E-state index contributed by atoms with van der Waals surface area (Å²) < 4.78 is 29.0. The molecule has 0 radical (unpaired) electrons. The molecule has 4 fully saturated rings. The Hall–Kier alpha value is -3.80. The Labute approximate surface area is 283 Å². The Bertz CT molecular complexity index is 1900. The number of hydrogen-bond donors (Lipinski definition) is 1. The molecule has 2 aromatic heterocycles. The lowest BCUT2D eigenvalue weighted by molar-refractivity contribution is 0.0122. The van der Waals surface area contributed by atoms with Gasteiger partial charge in [-0.05, 0) is 70.9 Å². The zero-order valence-corrected chi connectivity index (χ0v) is 28.2. The quantitative estimate of drug-likeness (QED) is 0.265. The molecule has 6 heterocycles. The molecule has 4 atom stereocenters. The molecule has 8 rings (SSSR count). The van der Waals surface area contributed by atoms with Crippen molar-refractivity contribution in [2.45, 2.75) is 82.2 Å². The number of hydrogen-bond acceptors (Lipinski definition) is 9. The van der Waals surface area contributed by atoms with Gasteiger partial charge < -0.3 is 19.5 Å². The van der Waals surface area contributed by atoms with E-state index in [0.29, 0.717) is 59.8 Å². The van der Waals surface area contributed by atoms with E-state index in [2.05, 4.69) is 19.8 Å². The van der Waals surface area contributed by atoms with Gasteiger partial charge in [0.1, 0.15) is 29.2 Å². The van der Waals surface area contributed by atoms with Crippen LogP contribution in [0.3, 0.4) is 0 Å². The molecule has 48 heavy (non-hydrogen) atoms. The fraction of sp³-hybridized carbons (Fsp3) is 0.500. The summed E-state index contributed by atoms with van der Waals surface area (Å²) in [5.41, 5.74) is -0.0618. The first-order valence-corrected chi connectivity index (χ1v) is 17.2. The van der Waals surface area contributed by atoms with Crippen LogP contribution in [0.5, 0.6) is 6.01 Å². The molecule has 12 heteroatoms. The van der Waals surface area contributed by atoms with Gasteiger partial charge >= 0.3 is 12.1 Å². The SMILES string of the molecule is CC(C)(C)OC(=O)N1C2CCC1CN(c1nc(OCC34CCCN3C[C@@H](O)C4)nc3c(F)c(-c4cccc5cccc(Cl)c45)ncc13)C2. The van der Waals surface area contributed by atoms with Gasteiger partial charge in [-0.2, -0.15) is 9.97 Å². The minimum atomic E-state index is -0.596. The number of amides is 1. The van der Waals surface area contributed by atoms with Gasteiger partial charge in [0.15, 0.2) is 5.82 Å². The number of fused-ring (bicyclic) bond motifs is 5. The molecule has 0 spiro atoms. The molecule has 252 valence electrons. The Morgan fingerprint density at radius 1 is 1.10 bits per heavy atom. The van der Waals surface area contributed by atoms with Crippen molar-refractivity contribution in [3.8, 4) is 17.3 Å². The zero-order valence-electron chi connectivity index (χ0n) is 27.5. The second-order valence-electron chi connectivity index (χ2n) is 14.8. The third-order valence-corrected chi connectivity index (χ3v) is 10.7. The van der Waals surface area contributed by atoms with Crippen LogP contribution in [0.4, 0.5) is 15.0 Å². The van der Waals surface area contributed by atoms with E-state index in [-0.39, 0.29) is 40.9 Å². The molecule has 2 aromatic carbocycles. The number of aromatic nitrogens is 3. The first-order valence-electron chi connectivity index (χ1n) is 16.9. The maximum atomic E-state index is 16.9. The third-order valence-electron chi connectivity index (χ3n) is 10.4. The second-order valence-corrected chi connectivity index (χ2v) is 15.2. The lowest BCUT2D eigenvalue weighted by atomic mass is 9.94. The number of β-amino-alcohol motifs (C(OH)–C–C–N with tert-alkyl or cyclic N) is 1. The van der Waals surface area contributed by atoms with Crippen molar-refractivity contribution < 1.29 is 23.8 Å². The van der Waals surface area contributed by atoms with E-state index >= 15 is 4.39 Å². The van der Waals surface area contributed by atoms with Crippen molar-refractivity contribution in [2.24, 2.45) is 0 Å². The predicted molar refractivity (Wildman–Crippen MR) is 182 cm³/mol. The van der Waals surface area contributed by atoms with E-state index < -0.39 is 17.5 Å². The highest BCUT2D eigenvalue weighted by atomic mass is 35.5. The van der Waals surface area contributed by atoms with Crippen LogP contribution < -0.4 is 9.64 Å². The molecule has 1 amide bonds. The summed E-state index contributed by atoms with van der Waals surface area (Å²) >= 11 is 6.63. The van der Waals surface area contributed by atoms with Gasteiger partial charge in [-0.3, -0.25) is 14.8 Å². The number of piperazine rings is 1. The predicted octanol–water partition coefficient (Wildman–Crippen LogP) is 6.20. The van der Waals surface area contributed by atoms with Gasteiger partial charge in [0, 0.05) is 41.8 Å². The lowest BCUT2D eigenvalue weighted by Gasteiger charge is -2.42. The first-order chi connectivity index (χ1) is 23.0. The third kappa shape index (κ3) is 5.40. The number of aliphatic hydroxyl groups excluding tert-OH is 1. The van der Waals surface area contributed by atoms with Crippen LogP contribution in [0.25, 0.3) is 32.9 Å². The molecule has 4 aliphatic heterocycles. The minimum absolute atomic E-state index is 0.0752. The number of pyridine rings is 1. The Morgan fingerprint density at radius 2 is 1.85 bits per heavy atom. The van der Waals surface area contributed by atoms with E-state index in [1.54, 1.807) is 12.3 Å². The summed E-state index contributed by atoms with van der Waals surface area (Å²) in [7, 11) is 0. The summed E-state index contributed by atoms with van der Waals surface area (Å²) in [6.45, 7) is 8.45. The fourth-order valence-electron chi connectivity index (χ4n) is 8.39. The van der Waals surface area contributed by atoms with Crippen LogP contribution >= 0.6 is 11.6 Å². The summed E-state index contributed by atoms with van der Waals surface area (Å²) in [4.78, 5) is 33.7. The number of anilines is 1. The summed E-state index contributed by atoms with van der Waals surface area (Å²) in [6, 6.07) is 11.1. The molecule has 0 saturated carbocycles. The molecule has 2 bridgehead atoms. The standard InChI is InChI=1S/C36H40ClFN6O4/c1-35(2,3)48-34(46)44-22-11-12-23(44)18-42(17-22)32-26-16-39-30(25-9-4-7-21-8-5-10-27(37)28(21)25)29(38)31(26)40-33(41-32)47-20-36-13-6-14-43(36)19-24(45)15-36/h4-5,7-10,16,22-24,45H,6,11-15,17-20H2,1-3H3/t22?,23?,24-,36?/m0/s1. The first kappa shape index (κ1) is 31.5. The molecular formula is C36H40ClFN6O4. The average molecular weight is 675 g/mol. The van der Waals surface area contributed by atoms with E-state index in [9.17, 15) is 9.90 Å². The van der Waals surface area contributed by atoms with Crippen molar-refractivity contribution in [2.75, 3.05) is 37.7 Å². The number of aliphatic hydroxyl groups is 1. The van der Waals surface area contributed by atoms with E-state index in [1.165, 1.54) is 0 Å². The highest BCUT2D eigenvalue weighted by Crippen LogP contribution is 2.42. The van der Waals surface area contributed by atoms with Gasteiger partial charge in [0.2, 0.25) is 0 Å². The minimum Gasteiger partial charge on any atom is -0.461 e. The maximum absolute atomic E-state index is 16.9. The van der Waals surface area contributed by atoms with Gasteiger partial charge in [-0.1, -0.05) is 41.9 Å². The van der Waals surface area contributed by atoms with E-state index in [4.69, 9.17) is 26.1 Å². The summed E-state index contributed by atoms with van der Waals surface area (Å²) in [6.07, 6.45) is 5.15. The Kier molecular flexibility index (Phi) is 7.65. The number of carbonyl (C=O) groups excluding carboxylic acids is 1. The second kappa shape index (κ2) is 11.7. The number of benzene rings is 2. The number of carbonyl (C=O) groups is 1. The number of halogens is 2. The molecule has 1 N–H and O–H groups in total. The van der Waals surface area contributed by atoms with Crippen molar-refractivity contribution in [3.05, 3.63) is 53.4 Å². The molecular weight excluding hydrogens is 635 g/mol. The van der Waals surface area contributed by atoms with Gasteiger partial charge in [-0.15, -0.1) is 0 Å². The van der Waals surface area contributed by atoms with Crippen molar-refractivity contribution in [1.29, 1.82) is 0 Å². The fourth-order valence-corrected chi connectivity index (χ4v) is 8.67. The molecule has 3 unspecified atom stereocenters. The average Bonchev–Trinajstić information content (AvgIpc) is 3.66. The van der Waals surface area contributed by atoms with Crippen LogP contribution in [0.1, 0.15) is 52.9 Å². The van der Waals surface area contributed by atoms with Crippen molar-refractivity contribution >= 4 is 45.2 Å². The molecule has 0 aliphatic carbocycles. The van der Waals surface area contributed by atoms with Gasteiger partial charge in [0.05, 0.1) is 29.1 Å². The zero-order chi connectivity index (χ0) is 33.4. The van der Waals surface area contributed by atoms with E-state index in [1.807, 2.05) is 56.0 Å². The lowest BCUT2D eigenvalue weighted by Crippen LogP contribution is -2.57. The molecule has 10 nitrogen and oxygen atoms in total. The Balaban J connectivity index is 1.20. The van der Waals surface area contributed by atoms with Crippen LogP contribution in [0.15, 0.2) is 42.6 Å². The van der Waals surface area contributed by atoms with Crippen LogP contribution in [0, 0.1) is 5.82 Å². The molecule has 4 aromatic rings. The Morgan fingerprint density at radius 3 is 2.60 bits per heavy atom. The normalized spacial score (nSPS) is 25.7. The van der Waals surface area contributed by atoms with Gasteiger partial charge in [-0.25, -0.2) is 9.18 Å². The number of rotatable bonds is 5. The van der Waals surface area contributed by atoms with Crippen molar-refractivity contribution in [1.82, 2.24) is 24.8 Å². The maximum Gasteiger partial charge on any atom is 0.410 e. The number of nitrogens with zero attached hydrogens (tertiary/aromatic N) is 6.